The predicted molar refractivity (Wildman–Crippen MR) is 100 cm³/mol. The van der Waals surface area contributed by atoms with E-state index in [-0.39, 0.29) is 30.5 Å². The summed E-state index contributed by atoms with van der Waals surface area (Å²) in [5, 5.41) is 1.77. The third kappa shape index (κ3) is 4.79. The Labute approximate surface area is 165 Å². The summed E-state index contributed by atoms with van der Waals surface area (Å²) in [4.78, 5) is 25.1. The Morgan fingerprint density at radius 1 is 1.21 bits per heavy atom. The molecule has 29 heavy (non-hydrogen) atoms. The molecule has 2 aromatic carbocycles. The number of halogens is 3. The molecule has 154 valence electrons. The topological polar surface area (TPSA) is 67.9 Å². The van der Waals surface area contributed by atoms with Crippen LogP contribution < -0.4 is 19.7 Å². The molecule has 2 aromatic rings. The number of aryl methyl sites for hydroxylation is 1. The molecular formula is C20H19F3N2O4. The summed E-state index contributed by atoms with van der Waals surface area (Å²) < 4.78 is 48.5. The molecule has 1 atom stereocenters. The zero-order chi connectivity index (χ0) is 21.2. The number of nitrogens with one attached hydrogen (secondary N) is 1. The molecule has 1 heterocycles. The van der Waals surface area contributed by atoms with Gasteiger partial charge in [0.15, 0.2) is 6.10 Å². The van der Waals surface area contributed by atoms with Crippen LogP contribution in [0.25, 0.3) is 0 Å². The molecule has 0 fully saturated rings. The number of benzene rings is 2. The first-order valence-electron chi connectivity index (χ1n) is 8.85. The number of carbonyl (C=O) groups is 2. The molecular weight excluding hydrogens is 389 g/mol. The maximum absolute atomic E-state index is 12.5. The van der Waals surface area contributed by atoms with Crippen molar-refractivity contribution in [1.29, 1.82) is 0 Å². The van der Waals surface area contributed by atoms with Crippen molar-refractivity contribution in [3.05, 3.63) is 48.0 Å². The van der Waals surface area contributed by atoms with Crippen LogP contribution in [0.2, 0.25) is 0 Å². The monoisotopic (exact) mass is 408 g/mol. The van der Waals surface area contributed by atoms with Gasteiger partial charge in [-0.15, -0.1) is 0 Å². The first kappa shape index (κ1) is 20.5. The number of ether oxygens (including phenoxy) is 2. The van der Waals surface area contributed by atoms with Gasteiger partial charge >= 0.3 is 12.1 Å². The summed E-state index contributed by atoms with van der Waals surface area (Å²) in [7, 11) is 0. The number of nitrogens with zero attached hydrogens (tertiary/aromatic N) is 1. The van der Waals surface area contributed by atoms with E-state index in [9.17, 15) is 22.8 Å². The molecule has 3 rings (SSSR count). The highest BCUT2D eigenvalue weighted by Gasteiger charge is 2.39. The van der Waals surface area contributed by atoms with Crippen LogP contribution >= 0.6 is 0 Å². The van der Waals surface area contributed by atoms with Crippen LogP contribution in [0.4, 0.5) is 24.5 Å². The molecule has 0 saturated heterocycles. The average molecular weight is 408 g/mol. The first-order valence-corrected chi connectivity index (χ1v) is 8.85. The molecule has 0 bridgehead atoms. The summed E-state index contributed by atoms with van der Waals surface area (Å²) >= 11 is 0. The molecule has 1 N–H and O–H groups in total. The van der Waals surface area contributed by atoms with Crippen LogP contribution in [-0.2, 0) is 9.59 Å². The summed E-state index contributed by atoms with van der Waals surface area (Å²) in [6.07, 6.45) is -5.82. The Balaban J connectivity index is 1.73. The summed E-state index contributed by atoms with van der Waals surface area (Å²) in [5.74, 6) is -1.51. The van der Waals surface area contributed by atoms with E-state index in [1.807, 2.05) is 31.2 Å². The number of alkyl halides is 3. The third-order valence-electron chi connectivity index (χ3n) is 4.29. The molecule has 0 aromatic heterocycles. The zero-order valence-electron chi connectivity index (χ0n) is 15.7. The number of fused-ring (bicyclic) bond motifs is 1. The summed E-state index contributed by atoms with van der Waals surface area (Å²) in [6.45, 7) is 3.94. The van der Waals surface area contributed by atoms with Gasteiger partial charge < -0.3 is 19.7 Å². The van der Waals surface area contributed by atoms with Crippen molar-refractivity contribution >= 4 is 23.2 Å². The number of hydrogen-bond acceptors (Lipinski definition) is 4. The van der Waals surface area contributed by atoms with Crippen LogP contribution in [0.1, 0.15) is 12.5 Å². The maximum Gasteiger partial charge on any atom is 0.471 e. The van der Waals surface area contributed by atoms with Gasteiger partial charge in [-0.3, -0.25) is 9.59 Å². The van der Waals surface area contributed by atoms with E-state index in [1.54, 1.807) is 12.2 Å². The molecule has 9 heteroatoms. The minimum Gasteiger partial charge on any atom is -0.492 e. The Morgan fingerprint density at radius 2 is 1.90 bits per heavy atom. The van der Waals surface area contributed by atoms with Gasteiger partial charge in [-0.1, -0.05) is 17.7 Å². The highest BCUT2D eigenvalue weighted by atomic mass is 19.4. The van der Waals surface area contributed by atoms with Crippen LogP contribution in [0.3, 0.4) is 0 Å². The number of hydrogen-bond donors (Lipinski definition) is 1. The zero-order valence-corrected chi connectivity index (χ0v) is 15.7. The quantitative estimate of drug-likeness (QED) is 0.820. The van der Waals surface area contributed by atoms with Crippen molar-refractivity contribution in [3.63, 3.8) is 0 Å². The number of amides is 2. The van der Waals surface area contributed by atoms with Gasteiger partial charge in [0.05, 0.1) is 12.2 Å². The third-order valence-corrected chi connectivity index (χ3v) is 4.29. The smallest absolute Gasteiger partial charge is 0.471 e. The van der Waals surface area contributed by atoms with E-state index >= 15 is 0 Å². The Hall–Kier alpha value is -3.23. The highest BCUT2D eigenvalue weighted by Crippen LogP contribution is 2.36. The molecule has 0 spiro atoms. The Morgan fingerprint density at radius 3 is 2.55 bits per heavy atom. The van der Waals surface area contributed by atoms with Crippen LogP contribution in [0.15, 0.2) is 42.5 Å². The van der Waals surface area contributed by atoms with Gasteiger partial charge in [0.2, 0.25) is 0 Å². The summed E-state index contributed by atoms with van der Waals surface area (Å²) in [6, 6.07) is 11.4. The van der Waals surface area contributed by atoms with Gasteiger partial charge in [-0.2, -0.15) is 13.2 Å². The normalized spacial score (nSPS) is 16.1. The Bertz CT molecular complexity index is 913. The molecule has 1 aliphatic heterocycles. The second-order valence-electron chi connectivity index (χ2n) is 6.55. The first-order chi connectivity index (χ1) is 13.6. The predicted octanol–water partition coefficient (Wildman–Crippen LogP) is 3.69. The van der Waals surface area contributed by atoms with Gasteiger partial charge in [0.25, 0.3) is 5.91 Å². The van der Waals surface area contributed by atoms with Gasteiger partial charge in [-0.05, 0) is 38.1 Å². The van der Waals surface area contributed by atoms with E-state index in [2.05, 4.69) is 0 Å². The minimum atomic E-state index is -5.00. The van der Waals surface area contributed by atoms with E-state index in [0.29, 0.717) is 11.4 Å². The van der Waals surface area contributed by atoms with E-state index in [4.69, 9.17) is 9.47 Å². The molecule has 2 amide bonds. The molecule has 6 nitrogen and oxygen atoms in total. The van der Waals surface area contributed by atoms with Crippen molar-refractivity contribution < 1.29 is 32.2 Å². The molecule has 0 radical (unpaired) electrons. The fourth-order valence-corrected chi connectivity index (χ4v) is 2.81. The van der Waals surface area contributed by atoms with Crippen molar-refractivity contribution in [2.75, 3.05) is 23.4 Å². The largest absolute Gasteiger partial charge is 0.492 e. The lowest BCUT2D eigenvalue weighted by Crippen LogP contribution is -2.46. The summed E-state index contributed by atoms with van der Waals surface area (Å²) in [5.41, 5.74) is 1.41. The average Bonchev–Trinajstić information content (AvgIpc) is 2.65. The number of carbonyl (C=O) groups excluding carboxylic acids is 2. The van der Waals surface area contributed by atoms with E-state index in [1.165, 1.54) is 23.1 Å². The van der Waals surface area contributed by atoms with Crippen molar-refractivity contribution in [2.45, 2.75) is 26.1 Å². The minimum absolute atomic E-state index is 0.0801. The lowest BCUT2D eigenvalue weighted by atomic mass is 10.1. The van der Waals surface area contributed by atoms with E-state index < -0.39 is 18.2 Å². The van der Waals surface area contributed by atoms with Crippen LogP contribution in [0.5, 0.6) is 11.5 Å². The lowest BCUT2D eigenvalue weighted by Gasteiger charge is -2.33. The van der Waals surface area contributed by atoms with Gasteiger partial charge in [0.1, 0.15) is 18.1 Å². The SMILES string of the molecule is Cc1ccc(OCCN2C(=O)C(C)Oc3cc(NC(=O)C(F)(F)F)ccc32)cc1. The molecule has 1 aliphatic rings. The fraction of sp³-hybridized carbons (Fsp3) is 0.300. The number of rotatable bonds is 5. The van der Waals surface area contributed by atoms with Crippen molar-refractivity contribution in [2.24, 2.45) is 0 Å². The van der Waals surface area contributed by atoms with E-state index in [0.717, 1.165) is 5.56 Å². The highest BCUT2D eigenvalue weighted by molar-refractivity contribution is 6.01. The lowest BCUT2D eigenvalue weighted by molar-refractivity contribution is -0.167. The van der Waals surface area contributed by atoms with Crippen molar-refractivity contribution in [3.8, 4) is 11.5 Å². The second-order valence-corrected chi connectivity index (χ2v) is 6.55. The fourth-order valence-electron chi connectivity index (χ4n) is 2.81. The maximum atomic E-state index is 12.5. The second kappa shape index (κ2) is 8.02. The molecule has 1 unspecified atom stereocenters. The van der Waals surface area contributed by atoms with Crippen LogP contribution in [0, 0.1) is 6.92 Å². The standard InChI is InChI=1S/C20H19F3N2O4/c1-12-3-6-15(7-4-12)28-10-9-25-16-8-5-14(24-19(27)20(21,22)23)11-17(16)29-13(2)18(25)26/h3-8,11,13H,9-10H2,1-2H3,(H,24,27). The number of anilines is 2. The van der Waals surface area contributed by atoms with Crippen LogP contribution in [-0.4, -0.2) is 37.2 Å². The van der Waals surface area contributed by atoms with Crippen molar-refractivity contribution in [1.82, 2.24) is 0 Å². The Kier molecular flexibility index (Phi) is 5.67. The van der Waals surface area contributed by atoms with Gasteiger partial charge in [0, 0.05) is 11.8 Å². The van der Waals surface area contributed by atoms with Gasteiger partial charge in [-0.25, -0.2) is 0 Å². The molecule has 0 saturated carbocycles. The molecule has 0 aliphatic carbocycles.